The van der Waals surface area contributed by atoms with Crippen molar-refractivity contribution in [3.05, 3.63) is 144 Å². The van der Waals surface area contributed by atoms with Crippen molar-refractivity contribution in [1.29, 1.82) is 0 Å². The van der Waals surface area contributed by atoms with Gasteiger partial charge in [0.05, 0.1) is 42.4 Å². The topological polar surface area (TPSA) is 275 Å². The van der Waals surface area contributed by atoms with Gasteiger partial charge >= 0.3 is 29.6 Å². The molecule has 0 fully saturated rings. The van der Waals surface area contributed by atoms with Gasteiger partial charge in [0.25, 0.3) is 40.5 Å². The van der Waals surface area contributed by atoms with Crippen LogP contribution in [0, 0.1) is 0 Å². The van der Waals surface area contributed by atoms with Crippen LogP contribution in [0.1, 0.15) is 22.8 Å². The number of H-pyrrole nitrogens is 2. The van der Waals surface area contributed by atoms with Crippen molar-refractivity contribution in [1.82, 2.24) is 19.9 Å². The van der Waals surface area contributed by atoms with E-state index >= 15 is 0 Å². The van der Waals surface area contributed by atoms with Crippen LogP contribution in [-0.2, 0) is 40.5 Å². The van der Waals surface area contributed by atoms with Crippen LogP contribution in [0.2, 0.25) is 0 Å². The molecule has 0 saturated carbocycles. The predicted molar refractivity (Wildman–Crippen MR) is 247 cm³/mol. The van der Waals surface area contributed by atoms with E-state index in [9.17, 15) is 51.9 Å². The van der Waals surface area contributed by atoms with Gasteiger partial charge in [-0.15, -0.1) is 0 Å². The molecule has 6 N–H and O–H groups in total. The molecule has 9 rings (SSSR count). The molecule has 0 atom stereocenters. The minimum atomic E-state index is -4.55. The maximum atomic E-state index is 12.0. The zero-order chi connectivity index (χ0) is 45.3. The molecule has 0 unspecified atom stereocenters. The fraction of sp³-hybridized carbons (Fsp3) is 0. The summed E-state index contributed by atoms with van der Waals surface area (Å²) in [5.74, 6) is 0. The molecule has 4 aromatic carbocycles. The number of aromatic nitrogens is 4. The van der Waals surface area contributed by atoms with Gasteiger partial charge < -0.3 is 9.97 Å². The number of fused-ring (bicyclic) bond motifs is 8. The monoisotopic (exact) mass is 958 g/mol. The third-order valence-corrected chi connectivity index (χ3v) is 14.0. The van der Waals surface area contributed by atoms with Gasteiger partial charge in [-0.2, -0.15) is 33.7 Å². The molecule has 21 heteroatoms. The van der Waals surface area contributed by atoms with Gasteiger partial charge in [0.15, 0.2) is 0 Å². The summed E-state index contributed by atoms with van der Waals surface area (Å²) in [5.41, 5.74) is 7.41. The maximum absolute atomic E-state index is 12.0. The molecule has 16 nitrogen and oxygen atoms in total. The summed E-state index contributed by atoms with van der Waals surface area (Å²) in [4.78, 5) is 15.6. The summed E-state index contributed by atoms with van der Waals surface area (Å²) >= 11 is 0. The fourth-order valence-electron chi connectivity index (χ4n) is 7.59. The van der Waals surface area contributed by atoms with Crippen LogP contribution >= 0.6 is 0 Å². The van der Waals surface area contributed by atoms with Gasteiger partial charge in [0.2, 0.25) is 0 Å². The number of nitrogens with zero attached hydrogens (tertiary/aromatic N) is 2. The zero-order valence-corrected chi connectivity index (χ0v) is 35.7. The summed E-state index contributed by atoms with van der Waals surface area (Å²) < 4.78 is 135. The van der Waals surface area contributed by atoms with Crippen molar-refractivity contribution in [2.75, 3.05) is 0 Å². The molecule has 3 aromatic heterocycles. The number of benzene rings is 4. The zero-order valence-electron chi connectivity index (χ0n) is 32.4. The SMILES string of the molecule is O=S(=O)(O)c1ccc(-c2c3nc(c(-c4ccc(S(=O)(=O)O)cc4)c4ccc([nH]4)c(-c4ccc(S(=O)(=O)O)cc4)c4nc(c(-c5ccc(S(=O)(=O)O)cc5)c5ccc2[nH]5)C=C4)C=C3)cc1.[NaH]. The van der Waals surface area contributed by atoms with Crippen molar-refractivity contribution < 1.29 is 51.9 Å². The van der Waals surface area contributed by atoms with Gasteiger partial charge in [-0.25, -0.2) is 9.97 Å². The first-order chi connectivity index (χ1) is 30.2. The first kappa shape index (κ1) is 45.7. The molecule has 2 aliphatic rings. The standard InChI is InChI=1S/C44H30N4O12S4.Na.H/c49-61(50,51)29-9-1-25(2-10-29)41-33-17-19-35(45-33)42(26-3-11-30(12-4-26)62(52,53)54)37-21-23-39(47-37)44(28-7-15-32(16-8-28)64(58,59)60)40-24-22-38(48-40)43(36-20-18-34(41)46-36)27-5-13-31(14-6-27)63(55,56)57;;/h1-24,45,48H,(H,49,50,51)(H,52,53,54)(H,55,56,57)(H,58,59,60);;. The van der Waals surface area contributed by atoms with E-state index in [2.05, 4.69) is 9.97 Å². The Morgan fingerprint density at radius 3 is 0.662 bits per heavy atom. The van der Waals surface area contributed by atoms with Crippen LogP contribution in [0.25, 0.3) is 90.9 Å². The second kappa shape index (κ2) is 16.8. The molecule has 0 saturated heterocycles. The number of nitrogens with one attached hydrogen (secondary N) is 2. The normalized spacial score (nSPS) is 12.9. The van der Waals surface area contributed by atoms with E-state index in [0.717, 1.165) is 0 Å². The Bertz CT molecular complexity index is 3300. The minimum absolute atomic E-state index is 0. The number of aromatic amines is 2. The molecular weight excluding hydrogens is 928 g/mol. The van der Waals surface area contributed by atoms with Gasteiger partial charge in [-0.1, -0.05) is 48.5 Å². The van der Waals surface area contributed by atoms with E-state index in [1.165, 1.54) is 97.1 Å². The Morgan fingerprint density at radius 2 is 0.492 bits per heavy atom. The molecule has 65 heavy (non-hydrogen) atoms. The van der Waals surface area contributed by atoms with Crippen LogP contribution in [0.4, 0.5) is 0 Å². The molecule has 2 aliphatic heterocycles. The summed E-state index contributed by atoms with van der Waals surface area (Å²) in [5, 5.41) is 0. The third kappa shape index (κ3) is 9.06. The summed E-state index contributed by atoms with van der Waals surface area (Å²) in [7, 11) is -18.2. The summed E-state index contributed by atoms with van der Waals surface area (Å²) in [6.45, 7) is 0. The van der Waals surface area contributed by atoms with Crippen molar-refractivity contribution in [2.24, 2.45) is 0 Å². The average molecular weight is 959 g/mol. The van der Waals surface area contributed by atoms with Gasteiger partial charge in [0, 0.05) is 44.3 Å². The van der Waals surface area contributed by atoms with Crippen LogP contribution < -0.4 is 0 Å². The Kier molecular flexibility index (Phi) is 11.8. The van der Waals surface area contributed by atoms with Crippen molar-refractivity contribution in [2.45, 2.75) is 19.6 Å². The first-order valence-electron chi connectivity index (χ1n) is 18.7. The number of rotatable bonds is 8. The third-order valence-electron chi connectivity index (χ3n) is 10.5. The van der Waals surface area contributed by atoms with Crippen LogP contribution in [-0.4, -0.2) is 101 Å². The molecule has 5 heterocycles. The first-order valence-corrected chi connectivity index (χ1v) is 24.5. The molecular formula is C44H31N4NaO12S4. The average Bonchev–Trinajstić information content (AvgIpc) is 4.08. The number of hydrogen-bond donors (Lipinski definition) is 6. The van der Waals surface area contributed by atoms with Gasteiger partial charge in [-0.05, 0) is 119 Å². The quantitative estimate of drug-likeness (QED) is 0.0630. The van der Waals surface area contributed by atoms with E-state index in [4.69, 9.17) is 9.97 Å². The van der Waals surface area contributed by atoms with Crippen LogP contribution in [0.5, 0.6) is 0 Å². The Hall–Kier alpha value is -5.88. The van der Waals surface area contributed by atoms with Crippen molar-refractivity contribution >= 4 is 116 Å². The molecule has 0 spiro atoms. The van der Waals surface area contributed by atoms with Crippen molar-refractivity contribution in [3.8, 4) is 44.5 Å². The van der Waals surface area contributed by atoms with E-state index in [0.29, 0.717) is 89.4 Å². The second-order valence-corrected chi connectivity index (χ2v) is 20.2. The summed E-state index contributed by atoms with van der Waals surface area (Å²) in [6.07, 6.45) is 6.92. The molecule has 0 aliphatic carbocycles. The predicted octanol–water partition coefficient (Wildman–Crippen LogP) is 7.66. The Labute approximate surface area is 393 Å². The second-order valence-electron chi connectivity index (χ2n) is 14.5. The number of hydrogen-bond acceptors (Lipinski definition) is 10. The van der Waals surface area contributed by atoms with Gasteiger partial charge in [-0.3, -0.25) is 18.2 Å². The van der Waals surface area contributed by atoms with Gasteiger partial charge in [0.1, 0.15) is 0 Å². The molecule has 0 radical (unpaired) electrons. The van der Waals surface area contributed by atoms with E-state index in [1.807, 2.05) is 0 Å². The van der Waals surface area contributed by atoms with E-state index in [1.54, 1.807) is 48.6 Å². The Morgan fingerprint density at radius 1 is 0.308 bits per heavy atom. The van der Waals surface area contributed by atoms with Crippen molar-refractivity contribution in [3.63, 3.8) is 0 Å². The van der Waals surface area contributed by atoms with E-state index < -0.39 is 40.5 Å². The molecule has 0 amide bonds. The molecule has 7 aromatic rings. The van der Waals surface area contributed by atoms with E-state index in [-0.39, 0.29) is 49.1 Å². The summed E-state index contributed by atoms with van der Waals surface area (Å²) in [6, 6.07) is 29.0. The molecule has 8 bridgehead atoms. The van der Waals surface area contributed by atoms with Crippen LogP contribution in [0.15, 0.2) is 141 Å². The van der Waals surface area contributed by atoms with Crippen LogP contribution in [0.3, 0.4) is 0 Å². The Balaban J connectivity index is 0.00000576. The fourth-order valence-corrected chi connectivity index (χ4v) is 9.51. The molecule has 324 valence electrons.